The molecule has 5 aliphatic rings. The van der Waals surface area contributed by atoms with E-state index in [2.05, 4.69) is 0 Å². The molecule has 5 atom stereocenters. The fourth-order valence-electron chi connectivity index (χ4n) is 7.34. The van der Waals surface area contributed by atoms with Gasteiger partial charge in [0.15, 0.2) is 22.9 Å². The van der Waals surface area contributed by atoms with Crippen LogP contribution in [0.2, 0.25) is 0 Å². The third kappa shape index (κ3) is 1.08. The van der Waals surface area contributed by atoms with Crippen molar-refractivity contribution in [3.63, 3.8) is 0 Å². The molecule has 4 bridgehead atoms. The number of Topliss-reactive ketones (excluding diaryl/α,β-unsaturated/α-hetero) is 5. The van der Waals surface area contributed by atoms with Gasteiger partial charge in [-0.05, 0) is 25.0 Å². The lowest BCUT2D eigenvalue weighted by atomic mass is 9.54. The Bertz CT molecular complexity index is 1030. The molecule has 8 nitrogen and oxygen atoms in total. The second-order valence-electron chi connectivity index (χ2n) is 8.44. The summed E-state index contributed by atoms with van der Waals surface area (Å²) in [6, 6.07) is 0. The Morgan fingerprint density at radius 3 is 2.04 bits per heavy atom. The first-order valence-electron chi connectivity index (χ1n) is 8.68. The van der Waals surface area contributed by atoms with Crippen LogP contribution in [-0.4, -0.2) is 49.8 Å². The molecule has 0 aliphatic heterocycles. The van der Waals surface area contributed by atoms with Gasteiger partial charge in [-0.3, -0.25) is 24.0 Å². The summed E-state index contributed by atoms with van der Waals surface area (Å²) in [4.78, 5) is 64.5. The Labute approximate surface area is 152 Å². The molecule has 0 heterocycles. The highest BCUT2D eigenvalue weighted by molar-refractivity contribution is 6.44. The summed E-state index contributed by atoms with van der Waals surface area (Å²) in [6.07, 6.45) is -1.38. The molecule has 0 amide bonds. The van der Waals surface area contributed by atoms with E-state index in [0.717, 1.165) is 0 Å². The Kier molecular flexibility index (Phi) is 2.43. The lowest BCUT2D eigenvalue weighted by molar-refractivity contribution is -0.169. The van der Waals surface area contributed by atoms with E-state index >= 15 is 0 Å². The average molecular weight is 372 g/mol. The number of ketones is 5. The average Bonchev–Trinajstić information content (AvgIpc) is 3.09. The summed E-state index contributed by atoms with van der Waals surface area (Å²) in [6.45, 7) is 2.64. The number of hydrogen-bond donors (Lipinski definition) is 3. The fourth-order valence-corrected chi connectivity index (χ4v) is 7.34. The van der Waals surface area contributed by atoms with Gasteiger partial charge in [0.2, 0.25) is 17.3 Å². The minimum Gasteiger partial charge on any atom is -0.504 e. The normalized spacial score (nSPS) is 48.0. The van der Waals surface area contributed by atoms with Crippen LogP contribution in [0.15, 0.2) is 22.7 Å². The van der Waals surface area contributed by atoms with E-state index in [9.17, 15) is 39.3 Å². The van der Waals surface area contributed by atoms with Crippen molar-refractivity contribution in [2.45, 2.75) is 38.7 Å². The third-order valence-corrected chi connectivity index (χ3v) is 8.13. The summed E-state index contributed by atoms with van der Waals surface area (Å²) in [5.74, 6) is -7.30. The first-order chi connectivity index (χ1) is 12.5. The van der Waals surface area contributed by atoms with Crippen LogP contribution in [0, 0.1) is 22.2 Å². The highest BCUT2D eigenvalue weighted by Crippen LogP contribution is 2.85. The Morgan fingerprint density at radius 2 is 1.41 bits per heavy atom. The summed E-state index contributed by atoms with van der Waals surface area (Å²) >= 11 is 0. The van der Waals surface area contributed by atoms with Crippen LogP contribution in [0.3, 0.4) is 0 Å². The van der Waals surface area contributed by atoms with Gasteiger partial charge < -0.3 is 15.3 Å². The van der Waals surface area contributed by atoms with Gasteiger partial charge in [0.25, 0.3) is 0 Å². The molecule has 0 radical (unpaired) electrons. The minimum atomic E-state index is -2.56. The van der Waals surface area contributed by atoms with Gasteiger partial charge in [0.05, 0.1) is 16.7 Å². The molecule has 140 valence electrons. The first kappa shape index (κ1) is 16.6. The summed E-state index contributed by atoms with van der Waals surface area (Å²) in [5.41, 5.74) is -8.24. The zero-order chi connectivity index (χ0) is 19.9. The molecule has 0 aromatic carbocycles. The molecule has 3 fully saturated rings. The quantitative estimate of drug-likeness (QED) is 0.505. The SMILES string of the molecule is CC1=C(O)C(=O)[C@H]2[C@]3(O)C(=O)C(O)=C(C)[C@@]24CC(=O)C(=O)[C@@]42CC(=O)C[C@]123. The second kappa shape index (κ2) is 3.96. The van der Waals surface area contributed by atoms with Crippen molar-refractivity contribution in [3.05, 3.63) is 22.7 Å². The van der Waals surface area contributed by atoms with Crippen LogP contribution in [0.5, 0.6) is 0 Å². The van der Waals surface area contributed by atoms with E-state index in [0.29, 0.717) is 0 Å². The molecule has 3 spiro atoms. The lowest BCUT2D eigenvalue weighted by Gasteiger charge is -2.48. The lowest BCUT2D eigenvalue weighted by Crippen LogP contribution is -2.64. The first-order valence-corrected chi connectivity index (χ1v) is 8.68. The zero-order valence-corrected chi connectivity index (χ0v) is 14.6. The van der Waals surface area contributed by atoms with Crippen molar-refractivity contribution in [1.82, 2.24) is 0 Å². The predicted molar refractivity (Wildman–Crippen MR) is 85.3 cm³/mol. The molecule has 0 unspecified atom stereocenters. The van der Waals surface area contributed by atoms with Gasteiger partial charge >= 0.3 is 0 Å². The number of aliphatic hydroxyl groups excluding tert-OH is 2. The molecule has 0 aromatic rings. The van der Waals surface area contributed by atoms with E-state index in [1.165, 1.54) is 13.8 Å². The van der Waals surface area contributed by atoms with Gasteiger partial charge in [-0.25, -0.2) is 0 Å². The van der Waals surface area contributed by atoms with E-state index < -0.39 is 87.5 Å². The van der Waals surface area contributed by atoms with Crippen molar-refractivity contribution in [2.75, 3.05) is 0 Å². The van der Waals surface area contributed by atoms with Gasteiger partial charge in [-0.1, -0.05) is 0 Å². The van der Waals surface area contributed by atoms with Crippen molar-refractivity contribution >= 4 is 28.9 Å². The standard InChI is InChI=1S/C19H16O8/c1-6-11(23)15(26)19(27)13-12(24)10(22)7(2)17(19)3-8(20)4-18(17)14(25)9(21)5-16(6,13)18/h13,22-23,27H,3-5H2,1-2H3/t13-,16+,17+,18+,19+/m1/s1. The monoisotopic (exact) mass is 372 g/mol. The van der Waals surface area contributed by atoms with Crippen LogP contribution in [0.1, 0.15) is 33.1 Å². The predicted octanol–water partition coefficient (Wildman–Crippen LogP) is 0.0407. The molecule has 5 rings (SSSR count). The molecular weight excluding hydrogens is 356 g/mol. The van der Waals surface area contributed by atoms with E-state index in [1.54, 1.807) is 0 Å². The van der Waals surface area contributed by atoms with Crippen molar-refractivity contribution in [2.24, 2.45) is 22.2 Å². The third-order valence-electron chi connectivity index (χ3n) is 8.13. The smallest absolute Gasteiger partial charge is 0.230 e. The van der Waals surface area contributed by atoms with Crippen LogP contribution < -0.4 is 0 Å². The maximum Gasteiger partial charge on any atom is 0.230 e. The molecule has 3 saturated carbocycles. The highest BCUT2D eigenvalue weighted by atomic mass is 16.3. The number of hydrogen-bond acceptors (Lipinski definition) is 8. The van der Waals surface area contributed by atoms with Gasteiger partial charge in [-0.15, -0.1) is 0 Å². The second-order valence-corrected chi connectivity index (χ2v) is 8.44. The van der Waals surface area contributed by atoms with E-state index in [4.69, 9.17) is 0 Å². The van der Waals surface area contributed by atoms with Crippen molar-refractivity contribution in [3.8, 4) is 0 Å². The van der Waals surface area contributed by atoms with Crippen molar-refractivity contribution < 1.29 is 39.3 Å². The number of carbonyl (C=O) groups is 5. The highest BCUT2D eigenvalue weighted by Gasteiger charge is 2.95. The fraction of sp³-hybridized carbons (Fsp3) is 0.526. The summed E-state index contributed by atoms with van der Waals surface area (Å²) < 4.78 is 0. The summed E-state index contributed by atoms with van der Waals surface area (Å²) in [7, 11) is 0. The largest absolute Gasteiger partial charge is 0.504 e. The molecule has 3 N–H and O–H groups in total. The maximum atomic E-state index is 13.2. The van der Waals surface area contributed by atoms with Crippen LogP contribution >= 0.6 is 0 Å². The zero-order valence-electron chi connectivity index (χ0n) is 14.6. The Balaban J connectivity index is 2.09. The number of carbonyl (C=O) groups excluding carboxylic acids is 5. The maximum absolute atomic E-state index is 13.2. The Hall–Kier alpha value is -2.61. The van der Waals surface area contributed by atoms with E-state index in [-0.39, 0.29) is 11.1 Å². The molecule has 5 aliphatic carbocycles. The molecule has 0 saturated heterocycles. The molecule has 8 heteroatoms. The summed E-state index contributed by atoms with van der Waals surface area (Å²) in [5, 5.41) is 32.6. The minimum absolute atomic E-state index is 0.0474. The number of rotatable bonds is 0. The van der Waals surface area contributed by atoms with E-state index in [1.807, 2.05) is 0 Å². The molecular formula is C19H16O8. The number of allylic oxidation sites excluding steroid dienone is 2. The Morgan fingerprint density at radius 1 is 0.815 bits per heavy atom. The van der Waals surface area contributed by atoms with Crippen LogP contribution in [0.25, 0.3) is 0 Å². The van der Waals surface area contributed by atoms with Crippen LogP contribution in [0.4, 0.5) is 0 Å². The van der Waals surface area contributed by atoms with Gasteiger partial charge in [-0.2, -0.15) is 0 Å². The van der Waals surface area contributed by atoms with Gasteiger partial charge in [0, 0.05) is 24.7 Å². The van der Waals surface area contributed by atoms with Gasteiger partial charge in [0.1, 0.15) is 5.78 Å². The van der Waals surface area contributed by atoms with Crippen LogP contribution in [-0.2, 0) is 24.0 Å². The number of aliphatic hydroxyl groups is 3. The topological polar surface area (TPSA) is 146 Å². The molecule has 27 heavy (non-hydrogen) atoms. The van der Waals surface area contributed by atoms with Crippen molar-refractivity contribution in [1.29, 1.82) is 0 Å². The molecule has 0 aromatic heterocycles.